The quantitative estimate of drug-likeness (QED) is 0.449. The highest BCUT2D eigenvalue weighted by atomic mass is 16.7. The van der Waals surface area contributed by atoms with E-state index >= 15 is 0 Å². The van der Waals surface area contributed by atoms with Crippen LogP contribution >= 0.6 is 0 Å². The highest BCUT2D eigenvalue weighted by Crippen LogP contribution is 2.43. The van der Waals surface area contributed by atoms with Crippen LogP contribution in [0.1, 0.15) is 33.6 Å². The summed E-state index contributed by atoms with van der Waals surface area (Å²) in [5.74, 6) is -1.23. The van der Waals surface area contributed by atoms with Crippen LogP contribution in [-0.2, 0) is 28.5 Å². The maximum Gasteiger partial charge on any atom is 0.330 e. The minimum absolute atomic E-state index is 0.0454. The van der Waals surface area contributed by atoms with Gasteiger partial charge >= 0.3 is 11.9 Å². The number of hydrogen-bond donors (Lipinski definition) is 0. The molecule has 128 valence electrons. The van der Waals surface area contributed by atoms with Crippen LogP contribution in [0.25, 0.3) is 0 Å². The van der Waals surface area contributed by atoms with Crippen molar-refractivity contribution >= 4 is 11.9 Å². The van der Waals surface area contributed by atoms with Crippen molar-refractivity contribution < 1.29 is 28.5 Å². The lowest BCUT2D eigenvalue weighted by atomic mass is 9.89. The fourth-order valence-electron chi connectivity index (χ4n) is 3.16. The van der Waals surface area contributed by atoms with E-state index in [0.29, 0.717) is 6.61 Å². The van der Waals surface area contributed by atoms with E-state index in [1.807, 2.05) is 19.9 Å². The minimum Gasteiger partial charge on any atom is -0.466 e. The number of hydrogen-bond acceptors (Lipinski definition) is 6. The average Bonchev–Trinajstić information content (AvgIpc) is 3.02. The normalized spacial score (nSPS) is 31.7. The number of allylic oxidation sites excluding steroid dienone is 2. The molecule has 0 spiro atoms. The van der Waals surface area contributed by atoms with E-state index in [-0.39, 0.29) is 29.9 Å². The number of methoxy groups -OCH3 is 1. The van der Waals surface area contributed by atoms with Gasteiger partial charge in [0.1, 0.15) is 0 Å². The first-order chi connectivity index (χ1) is 10.8. The van der Waals surface area contributed by atoms with Crippen molar-refractivity contribution in [3.63, 3.8) is 0 Å². The van der Waals surface area contributed by atoms with Crippen molar-refractivity contribution in [3.8, 4) is 0 Å². The predicted molar refractivity (Wildman–Crippen MR) is 82.1 cm³/mol. The number of ether oxygens (including phenoxy) is 4. The molecule has 0 aromatic heterocycles. The Bertz CT molecular complexity index is 519. The lowest BCUT2D eigenvalue weighted by molar-refractivity contribution is -0.145. The van der Waals surface area contributed by atoms with E-state index in [1.165, 1.54) is 26.4 Å². The zero-order valence-electron chi connectivity index (χ0n) is 14.0. The van der Waals surface area contributed by atoms with Gasteiger partial charge in [0, 0.05) is 18.9 Å². The average molecular weight is 324 g/mol. The van der Waals surface area contributed by atoms with Crippen LogP contribution in [0, 0.1) is 11.8 Å². The molecule has 0 amide bonds. The molecule has 2 rings (SSSR count). The van der Waals surface area contributed by atoms with E-state index < -0.39 is 5.79 Å². The molecule has 0 bridgehead atoms. The van der Waals surface area contributed by atoms with E-state index in [9.17, 15) is 9.59 Å². The SMILES string of the molecule is COC(=O)/C=C1\CC[C@H]([C@@H]2COC(C)(C)O2)[C@H]1/C=C/OC(C)=O. The van der Waals surface area contributed by atoms with Gasteiger partial charge in [-0.1, -0.05) is 5.57 Å². The molecular formula is C17H24O6. The summed E-state index contributed by atoms with van der Waals surface area (Å²) in [4.78, 5) is 22.5. The summed E-state index contributed by atoms with van der Waals surface area (Å²) in [7, 11) is 1.35. The highest BCUT2D eigenvalue weighted by Gasteiger charge is 2.43. The van der Waals surface area contributed by atoms with Crippen LogP contribution < -0.4 is 0 Å². The summed E-state index contributed by atoms with van der Waals surface area (Å²) < 4.78 is 21.2. The summed E-state index contributed by atoms with van der Waals surface area (Å²) in [6, 6.07) is 0. The number of carbonyl (C=O) groups excluding carboxylic acids is 2. The Morgan fingerprint density at radius 3 is 2.65 bits per heavy atom. The van der Waals surface area contributed by atoms with Crippen molar-refractivity contribution in [1.29, 1.82) is 0 Å². The van der Waals surface area contributed by atoms with Gasteiger partial charge in [-0.2, -0.15) is 0 Å². The van der Waals surface area contributed by atoms with Gasteiger partial charge in [-0.25, -0.2) is 4.79 Å². The van der Waals surface area contributed by atoms with E-state index in [4.69, 9.17) is 18.9 Å². The maximum absolute atomic E-state index is 11.6. The number of carbonyl (C=O) groups is 2. The Morgan fingerprint density at radius 1 is 1.35 bits per heavy atom. The number of esters is 2. The van der Waals surface area contributed by atoms with Gasteiger partial charge in [-0.15, -0.1) is 0 Å². The molecule has 23 heavy (non-hydrogen) atoms. The van der Waals surface area contributed by atoms with Crippen LogP contribution in [0.15, 0.2) is 24.0 Å². The molecule has 1 heterocycles. The van der Waals surface area contributed by atoms with Gasteiger partial charge in [0.25, 0.3) is 0 Å². The van der Waals surface area contributed by atoms with Crippen LogP contribution in [0.3, 0.4) is 0 Å². The van der Waals surface area contributed by atoms with Crippen molar-refractivity contribution in [3.05, 3.63) is 24.0 Å². The molecule has 2 fully saturated rings. The summed E-state index contributed by atoms with van der Waals surface area (Å²) in [5, 5.41) is 0. The molecule has 1 saturated heterocycles. The van der Waals surface area contributed by atoms with E-state index in [0.717, 1.165) is 18.4 Å². The molecule has 0 aromatic rings. The molecule has 1 saturated carbocycles. The Balaban J connectivity index is 2.17. The van der Waals surface area contributed by atoms with Crippen LogP contribution in [0.5, 0.6) is 0 Å². The highest BCUT2D eigenvalue weighted by molar-refractivity contribution is 5.83. The molecular weight excluding hydrogens is 300 g/mol. The fraction of sp³-hybridized carbons (Fsp3) is 0.647. The van der Waals surface area contributed by atoms with E-state index in [1.54, 1.807) is 0 Å². The monoisotopic (exact) mass is 324 g/mol. The van der Waals surface area contributed by atoms with Gasteiger partial charge in [0.05, 0.1) is 26.1 Å². The molecule has 3 atom stereocenters. The van der Waals surface area contributed by atoms with Crippen molar-refractivity contribution in [2.75, 3.05) is 13.7 Å². The molecule has 2 aliphatic rings. The zero-order chi connectivity index (χ0) is 17.0. The molecule has 6 heteroatoms. The largest absolute Gasteiger partial charge is 0.466 e. The van der Waals surface area contributed by atoms with Crippen molar-refractivity contribution in [1.82, 2.24) is 0 Å². The standard InChI is InChI=1S/C17H24O6/c1-11(18)21-8-7-13-12(9-16(19)20-4)5-6-14(13)15-10-22-17(2,3)23-15/h7-9,13-15H,5-6,10H2,1-4H3/b8-7+,12-9+/t13-,14-,15-/m0/s1. The maximum atomic E-state index is 11.6. The Kier molecular flexibility index (Phi) is 5.59. The third kappa shape index (κ3) is 4.65. The first kappa shape index (κ1) is 17.7. The number of rotatable bonds is 4. The lowest BCUT2D eigenvalue weighted by Gasteiger charge is -2.24. The second-order valence-corrected chi connectivity index (χ2v) is 6.28. The van der Waals surface area contributed by atoms with Gasteiger partial charge in [0.2, 0.25) is 0 Å². The van der Waals surface area contributed by atoms with Crippen molar-refractivity contribution in [2.24, 2.45) is 11.8 Å². The van der Waals surface area contributed by atoms with Gasteiger partial charge < -0.3 is 18.9 Å². The second-order valence-electron chi connectivity index (χ2n) is 6.28. The summed E-state index contributed by atoms with van der Waals surface area (Å²) in [5.41, 5.74) is 0.957. The molecule has 6 nitrogen and oxygen atoms in total. The molecule has 1 aliphatic heterocycles. The van der Waals surface area contributed by atoms with Gasteiger partial charge in [0.15, 0.2) is 5.79 Å². The summed E-state index contributed by atoms with van der Waals surface area (Å²) in [6.45, 7) is 5.63. The Hall–Kier alpha value is -1.66. The van der Waals surface area contributed by atoms with Gasteiger partial charge in [-0.05, 0) is 38.7 Å². The first-order valence-electron chi connectivity index (χ1n) is 7.76. The van der Waals surface area contributed by atoms with Crippen LogP contribution in [-0.4, -0.2) is 37.5 Å². The molecule has 0 N–H and O–H groups in total. The van der Waals surface area contributed by atoms with Crippen LogP contribution in [0.2, 0.25) is 0 Å². The molecule has 0 aromatic carbocycles. The van der Waals surface area contributed by atoms with Crippen LogP contribution in [0.4, 0.5) is 0 Å². The van der Waals surface area contributed by atoms with Gasteiger partial charge in [-0.3, -0.25) is 4.79 Å². The van der Waals surface area contributed by atoms with E-state index in [2.05, 4.69) is 0 Å². The Morgan fingerprint density at radius 2 is 2.09 bits per heavy atom. The smallest absolute Gasteiger partial charge is 0.330 e. The summed E-state index contributed by atoms with van der Waals surface area (Å²) >= 11 is 0. The fourth-order valence-corrected chi connectivity index (χ4v) is 3.16. The predicted octanol–water partition coefficient (Wildman–Crippen LogP) is 2.34. The van der Waals surface area contributed by atoms with Crippen molar-refractivity contribution in [2.45, 2.75) is 45.5 Å². The first-order valence-corrected chi connectivity index (χ1v) is 7.76. The third-order valence-electron chi connectivity index (χ3n) is 4.19. The molecule has 0 unspecified atom stereocenters. The lowest BCUT2D eigenvalue weighted by Crippen LogP contribution is -2.28. The minimum atomic E-state index is -0.594. The topological polar surface area (TPSA) is 71.1 Å². The second kappa shape index (κ2) is 7.27. The molecule has 0 radical (unpaired) electrons. The Labute approximate surface area is 136 Å². The summed E-state index contributed by atoms with van der Waals surface area (Å²) in [6.07, 6.45) is 6.31. The molecule has 1 aliphatic carbocycles. The third-order valence-corrected chi connectivity index (χ3v) is 4.19. The zero-order valence-corrected chi connectivity index (χ0v) is 14.0.